The van der Waals surface area contributed by atoms with Crippen LogP contribution >= 0.6 is 11.6 Å². The Kier molecular flexibility index (Phi) is 8.04. The van der Waals surface area contributed by atoms with Gasteiger partial charge in [0.15, 0.2) is 0 Å². The highest BCUT2D eigenvalue weighted by molar-refractivity contribution is 6.17. The molecule has 0 aliphatic rings. The zero-order chi connectivity index (χ0) is 17.2. The quantitative estimate of drug-likeness (QED) is 0.225. The van der Waals surface area contributed by atoms with Gasteiger partial charge in [-0.1, -0.05) is 6.07 Å². The third-order valence-electron chi connectivity index (χ3n) is 2.88. The van der Waals surface area contributed by atoms with Crippen LogP contribution in [0.5, 0.6) is 5.75 Å². The summed E-state index contributed by atoms with van der Waals surface area (Å²) in [4.78, 5) is 33.3. The molecule has 0 aliphatic carbocycles. The number of aryl methyl sites for hydroxylation is 1. The number of hydrogen-bond donors (Lipinski definition) is 0. The Labute approximate surface area is 138 Å². The largest absolute Gasteiger partial charge is 0.466 e. The molecule has 0 atom stereocenters. The van der Waals surface area contributed by atoms with E-state index in [9.17, 15) is 19.7 Å². The van der Waals surface area contributed by atoms with Crippen LogP contribution < -0.4 is 4.74 Å². The van der Waals surface area contributed by atoms with Gasteiger partial charge in [-0.2, -0.15) is 0 Å². The number of alkyl halides is 1. The molecule has 0 N–H and O–H groups in total. The van der Waals surface area contributed by atoms with Crippen molar-refractivity contribution >= 4 is 29.2 Å². The number of carbonyl (C=O) groups is 2. The van der Waals surface area contributed by atoms with E-state index >= 15 is 0 Å². The average molecular weight is 344 g/mol. The van der Waals surface area contributed by atoms with Gasteiger partial charge in [-0.3, -0.25) is 19.7 Å². The lowest BCUT2D eigenvalue weighted by atomic mass is 10.1. The van der Waals surface area contributed by atoms with Crippen molar-refractivity contribution in [3.63, 3.8) is 0 Å². The van der Waals surface area contributed by atoms with E-state index in [0.29, 0.717) is 24.3 Å². The van der Waals surface area contributed by atoms with Gasteiger partial charge < -0.3 is 9.47 Å². The molecule has 1 aromatic carbocycles. The first-order chi connectivity index (χ1) is 11.0. The van der Waals surface area contributed by atoms with Crippen molar-refractivity contribution in [1.82, 2.24) is 0 Å². The number of esters is 2. The number of halogens is 1. The van der Waals surface area contributed by atoms with E-state index in [1.807, 2.05) is 0 Å². The molecule has 0 fully saturated rings. The summed E-state index contributed by atoms with van der Waals surface area (Å²) in [5.74, 6) is -0.751. The summed E-state index contributed by atoms with van der Waals surface area (Å²) in [5, 5.41) is 11.1. The summed E-state index contributed by atoms with van der Waals surface area (Å²) >= 11 is 5.48. The molecule has 7 nitrogen and oxygen atoms in total. The topological polar surface area (TPSA) is 95.7 Å². The van der Waals surface area contributed by atoms with Gasteiger partial charge >= 0.3 is 17.6 Å². The van der Waals surface area contributed by atoms with E-state index in [1.165, 1.54) is 12.1 Å². The molecule has 0 heterocycles. The first-order valence-corrected chi connectivity index (χ1v) is 7.71. The van der Waals surface area contributed by atoms with Gasteiger partial charge in [0.1, 0.15) is 0 Å². The highest BCUT2D eigenvalue weighted by Gasteiger charge is 2.19. The van der Waals surface area contributed by atoms with Crippen LogP contribution in [-0.2, 0) is 20.7 Å². The predicted octanol–water partition coefficient (Wildman–Crippen LogP) is 3.01. The number of nitro groups is 1. The Bertz CT molecular complexity index is 575. The fourth-order valence-corrected chi connectivity index (χ4v) is 1.95. The zero-order valence-electron chi connectivity index (χ0n) is 12.7. The fourth-order valence-electron chi connectivity index (χ4n) is 1.81. The van der Waals surface area contributed by atoms with E-state index in [4.69, 9.17) is 21.1 Å². The lowest BCUT2D eigenvalue weighted by Crippen LogP contribution is -2.10. The molecule has 0 bridgehead atoms. The van der Waals surface area contributed by atoms with Gasteiger partial charge in [-0.15, -0.1) is 11.6 Å². The van der Waals surface area contributed by atoms with Crippen LogP contribution in [0.2, 0.25) is 0 Å². The second kappa shape index (κ2) is 9.78. The van der Waals surface area contributed by atoms with E-state index in [0.717, 1.165) is 0 Å². The molecule has 126 valence electrons. The molecule has 8 heteroatoms. The first kappa shape index (κ1) is 18.9. The summed E-state index contributed by atoms with van der Waals surface area (Å²) in [5.41, 5.74) is 0.274. The number of carbonyl (C=O) groups excluding carboxylic acids is 2. The maximum Gasteiger partial charge on any atom is 0.311 e. The van der Waals surface area contributed by atoms with Crippen molar-refractivity contribution in [2.24, 2.45) is 0 Å². The van der Waals surface area contributed by atoms with Crippen molar-refractivity contribution < 1.29 is 24.0 Å². The SMILES string of the molecule is CCOC(=O)CCc1ccc(OC(=O)CCCCl)c([N+](=O)[O-])c1. The molecule has 1 rings (SSSR count). The molecule has 1 aromatic rings. The second-order valence-corrected chi connectivity index (χ2v) is 5.01. The van der Waals surface area contributed by atoms with Gasteiger partial charge in [0.2, 0.25) is 5.75 Å². The lowest BCUT2D eigenvalue weighted by molar-refractivity contribution is -0.385. The molecule has 0 amide bonds. The van der Waals surface area contributed by atoms with E-state index < -0.39 is 10.9 Å². The van der Waals surface area contributed by atoms with Crippen molar-refractivity contribution in [1.29, 1.82) is 0 Å². The number of benzene rings is 1. The van der Waals surface area contributed by atoms with Gasteiger partial charge in [0.05, 0.1) is 11.5 Å². The molecule has 0 saturated heterocycles. The molecule has 0 saturated carbocycles. The van der Waals surface area contributed by atoms with Crippen LogP contribution in [-0.4, -0.2) is 29.3 Å². The zero-order valence-corrected chi connectivity index (χ0v) is 13.5. The number of ether oxygens (including phenoxy) is 2. The van der Waals surface area contributed by atoms with Gasteiger partial charge in [-0.05, 0) is 31.4 Å². The Morgan fingerprint density at radius 2 is 2.00 bits per heavy atom. The van der Waals surface area contributed by atoms with Crippen molar-refractivity contribution in [3.05, 3.63) is 33.9 Å². The monoisotopic (exact) mass is 343 g/mol. The van der Waals surface area contributed by atoms with E-state index in [-0.39, 0.29) is 36.9 Å². The van der Waals surface area contributed by atoms with Crippen LogP contribution in [0, 0.1) is 10.1 Å². The third kappa shape index (κ3) is 6.65. The van der Waals surface area contributed by atoms with Gasteiger partial charge in [-0.25, -0.2) is 0 Å². The second-order valence-electron chi connectivity index (χ2n) is 4.63. The number of nitrogens with zero attached hydrogens (tertiary/aromatic N) is 1. The summed E-state index contributed by atoms with van der Waals surface area (Å²) < 4.78 is 9.80. The van der Waals surface area contributed by atoms with Crippen molar-refractivity contribution in [3.8, 4) is 5.75 Å². The molecular formula is C15H18ClNO6. The molecule has 23 heavy (non-hydrogen) atoms. The summed E-state index contributed by atoms with van der Waals surface area (Å²) in [6.07, 6.45) is 0.955. The predicted molar refractivity (Wildman–Crippen MR) is 83.6 cm³/mol. The van der Waals surface area contributed by atoms with E-state index in [1.54, 1.807) is 13.0 Å². The fraction of sp³-hybridized carbons (Fsp3) is 0.467. The number of hydrogen-bond acceptors (Lipinski definition) is 6. The number of rotatable bonds is 9. The van der Waals surface area contributed by atoms with Crippen LogP contribution in [0.15, 0.2) is 18.2 Å². The highest BCUT2D eigenvalue weighted by Crippen LogP contribution is 2.29. The smallest absolute Gasteiger partial charge is 0.311 e. The minimum absolute atomic E-state index is 0.0886. The Hall–Kier alpha value is -2.15. The molecule has 0 radical (unpaired) electrons. The van der Waals surface area contributed by atoms with E-state index in [2.05, 4.69) is 0 Å². The Morgan fingerprint density at radius 3 is 2.61 bits per heavy atom. The number of nitro benzene ring substituents is 1. The summed E-state index contributed by atoms with van der Waals surface area (Å²) in [7, 11) is 0. The maximum atomic E-state index is 11.6. The Morgan fingerprint density at radius 1 is 1.26 bits per heavy atom. The lowest BCUT2D eigenvalue weighted by Gasteiger charge is -2.07. The van der Waals surface area contributed by atoms with Crippen molar-refractivity contribution in [2.75, 3.05) is 12.5 Å². The van der Waals surface area contributed by atoms with Crippen LogP contribution in [0.4, 0.5) is 5.69 Å². The molecule has 0 aromatic heterocycles. The third-order valence-corrected chi connectivity index (χ3v) is 3.15. The molecule has 0 spiro atoms. The van der Waals surface area contributed by atoms with Crippen molar-refractivity contribution in [2.45, 2.75) is 32.6 Å². The van der Waals surface area contributed by atoms with Crippen LogP contribution in [0.25, 0.3) is 0 Å². The minimum Gasteiger partial charge on any atom is -0.466 e. The van der Waals surface area contributed by atoms with Crippen LogP contribution in [0.1, 0.15) is 31.7 Å². The first-order valence-electron chi connectivity index (χ1n) is 7.17. The maximum absolute atomic E-state index is 11.6. The average Bonchev–Trinajstić information content (AvgIpc) is 2.52. The van der Waals surface area contributed by atoms with Gasteiger partial charge in [0, 0.05) is 24.8 Å². The van der Waals surface area contributed by atoms with Crippen LogP contribution in [0.3, 0.4) is 0 Å². The highest BCUT2D eigenvalue weighted by atomic mass is 35.5. The summed E-state index contributed by atoms with van der Waals surface area (Å²) in [6, 6.07) is 4.23. The van der Waals surface area contributed by atoms with Gasteiger partial charge in [0.25, 0.3) is 0 Å². The molecule has 0 unspecified atom stereocenters. The normalized spacial score (nSPS) is 10.2. The standard InChI is InChI=1S/C15H18ClNO6/c1-2-22-14(18)8-6-11-5-7-13(12(10-11)17(20)21)23-15(19)4-3-9-16/h5,7,10H,2-4,6,8-9H2,1H3. The Balaban J connectivity index is 2.79. The molecule has 0 aliphatic heterocycles. The molecular weight excluding hydrogens is 326 g/mol. The minimum atomic E-state index is -0.627. The summed E-state index contributed by atoms with van der Waals surface area (Å²) in [6.45, 7) is 1.99.